The van der Waals surface area contributed by atoms with E-state index in [0.717, 1.165) is 4.47 Å². The fraction of sp³-hybridized carbons (Fsp3) is 0.462. The first-order valence-corrected chi connectivity index (χ1v) is 6.61. The highest BCUT2D eigenvalue weighted by molar-refractivity contribution is 9.10. The van der Waals surface area contributed by atoms with Gasteiger partial charge in [0.25, 0.3) is 0 Å². The maximum Gasteiger partial charge on any atom is 0.313 e. The third kappa shape index (κ3) is 3.03. The standard InChI is InChI=1S/C13H15BrO4/c14-10-2-1-3-11(8-10)18-9-13(12(15)16)4-6-17-7-5-13/h1-3,8H,4-7,9H2,(H,15,16). The van der Waals surface area contributed by atoms with E-state index in [0.29, 0.717) is 31.8 Å². The molecule has 1 N–H and O–H groups in total. The summed E-state index contributed by atoms with van der Waals surface area (Å²) in [6, 6.07) is 7.40. The molecule has 0 bridgehead atoms. The van der Waals surface area contributed by atoms with E-state index in [2.05, 4.69) is 15.9 Å². The third-order valence-electron chi connectivity index (χ3n) is 3.21. The Balaban J connectivity index is 2.04. The summed E-state index contributed by atoms with van der Waals surface area (Å²) in [4.78, 5) is 11.4. The van der Waals surface area contributed by atoms with Crippen LogP contribution in [0.25, 0.3) is 0 Å². The van der Waals surface area contributed by atoms with Crippen molar-refractivity contribution in [2.45, 2.75) is 12.8 Å². The first-order valence-electron chi connectivity index (χ1n) is 5.82. The molecule has 1 aromatic carbocycles. The van der Waals surface area contributed by atoms with Crippen molar-refractivity contribution in [3.63, 3.8) is 0 Å². The van der Waals surface area contributed by atoms with Crippen LogP contribution in [0.2, 0.25) is 0 Å². The molecule has 0 amide bonds. The molecule has 98 valence electrons. The minimum Gasteiger partial charge on any atom is -0.492 e. The number of halogens is 1. The molecule has 0 atom stereocenters. The number of hydrogen-bond acceptors (Lipinski definition) is 3. The van der Waals surface area contributed by atoms with Crippen LogP contribution in [0.15, 0.2) is 28.7 Å². The predicted molar refractivity (Wildman–Crippen MR) is 69.8 cm³/mol. The van der Waals surface area contributed by atoms with E-state index in [4.69, 9.17) is 9.47 Å². The molecule has 18 heavy (non-hydrogen) atoms. The molecule has 0 aliphatic carbocycles. The normalized spacial score (nSPS) is 18.3. The molecule has 0 aromatic heterocycles. The predicted octanol–water partition coefficient (Wildman–Crippen LogP) is 2.71. The van der Waals surface area contributed by atoms with E-state index in [1.54, 1.807) is 0 Å². The third-order valence-corrected chi connectivity index (χ3v) is 3.71. The summed E-state index contributed by atoms with van der Waals surface area (Å²) in [6.07, 6.45) is 0.993. The zero-order valence-corrected chi connectivity index (χ0v) is 11.5. The number of rotatable bonds is 4. The molecule has 2 rings (SSSR count). The van der Waals surface area contributed by atoms with E-state index in [-0.39, 0.29) is 6.61 Å². The summed E-state index contributed by atoms with van der Waals surface area (Å²) < 4.78 is 11.8. The van der Waals surface area contributed by atoms with Gasteiger partial charge in [0.1, 0.15) is 17.8 Å². The number of hydrogen-bond donors (Lipinski definition) is 1. The SMILES string of the molecule is O=C(O)C1(COc2cccc(Br)c2)CCOCC1. The van der Waals surface area contributed by atoms with Crippen molar-refractivity contribution in [2.75, 3.05) is 19.8 Å². The number of carbonyl (C=O) groups is 1. The lowest BCUT2D eigenvalue weighted by Crippen LogP contribution is -2.42. The van der Waals surface area contributed by atoms with E-state index in [1.165, 1.54) is 0 Å². The van der Waals surface area contributed by atoms with Gasteiger partial charge in [-0.1, -0.05) is 22.0 Å². The van der Waals surface area contributed by atoms with Crippen molar-refractivity contribution < 1.29 is 19.4 Å². The molecule has 1 aliphatic heterocycles. The van der Waals surface area contributed by atoms with Crippen molar-refractivity contribution in [3.05, 3.63) is 28.7 Å². The maximum atomic E-state index is 11.4. The zero-order chi connectivity index (χ0) is 13.0. The van der Waals surface area contributed by atoms with Crippen LogP contribution in [-0.2, 0) is 9.53 Å². The molecule has 1 aliphatic rings. The average Bonchev–Trinajstić information content (AvgIpc) is 2.37. The number of carboxylic acid groups (broad SMARTS) is 1. The first-order chi connectivity index (χ1) is 8.62. The number of benzene rings is 1. The fourth-order valence-electron chi connectivity index (χ4n) is 1.96. The van der Waals surface area contributed by atoms with Gasteiger partial charge in [-0.2, -0.15) is 0 Å². The Morgan fingerprint density at radius 3 is 2.78 bits per heavy atom. The molecule has 1 heterocycles. The van der Waals surface area contributed by atoms with E-state index >= 15 is 0 Å². The summed E-state index contributed by atoms with van der Waals surface area (Å²) in [5.41, 5.74) is -0.819. The number of ether oxygens (including phenoxy) is 2. The minimum atomic E-state index is -0.819. The lowest BCUT2D eigenvalue weighted by molar-refractivity contribution is -0.157. The maximum absolute atomic E-state index is 11.4. The Kier molecular flexibility index (Phi) is 4.24. The second-order valence-corrected chi connectivity index (χ2v) is 5.36. The molecular weight excluding hydrogens is 300 g/mol. The monoisotopic (exact) mass is 314 g/mol. The molecule has 1 saturated heterocycles. The van der Waals surface area contributed by atoms with Crippen molar-refractivity contribution in [3.8, 4) is 5.75 Å². The smallest absolute Gasteiger partial charge is 0.313 e. The van der Waals surface area contributed by atoms with Crippen LogP contribution in [0.4, 0.5) is 0 Å². The molecule has 1 fully saturated rings. The summed E-state index contributed by atoms with van der Waals surface area (Å²) in [7, 11) is 0. The Morgan fingerprint density at radius 2 is 2.17 bits per heavy atom. The van der Waals surface area contributed by atoms with Crippen molar-refractivity contribution in [1.29, 1.82) is 0 Å². The summed E-state index contributed by atoms with van der Waals surface area (Å²) in [6.45, 7) is 1.14. The highest BCUT2D eigenvalue weighted by Crippen LogP contribution is 2.32. The second-order valence-electron chi connectivity index (χ2n) is 4.44. The van der Waals surface area contributed by atoms with Gasteiger partial charge in [0.15, 0.2) is 0 Å². The van der Waals surface area contributed by atoms with Gasteiger partial charge in [0, 0.05) is 17.7 Å². The van der Waals surface area contributed by atoms with Gasteiger partial charge in [-0.25, -0.2) is 0 Å². The van der Waals surface area contributed by atoms with Crippen LogP contribution in [0, 0.1) is 5.41 Å². The van der Waals surface area contributed by atoms with Gasteiger partial charge in [0.2, 0.25) is 0 Å². The largest absolute Gasteiger partial charge is 0.492 e. The molecule has 0 unspecified atom stereocenters. The Bertz CT molecular complexity index is 427. The van der Waals surface area contributed by atoms with Crippen LogP contribution >= 0.6 is 15.9 Å². The molecule has 1 aromatic rings. The highest BCUT2D eigenvalue weighted by atomic mass is 79.9. The quantitative estimate of drug-likeness (QED) is 0.928. The summed E-state index contributed by atoms with van der Waals surface area (Å²) >= 11 is 3.35. The summed E-state index contributed by atoms with van der Waals surface area (Å²) in [5.74, 6) is -0.128. The lowest BCUT2D eigenvalue weighted by atomic mass is 9.81. The molecule has 4 nitrogen and oxygen atoms in total. The number of aliphatic carboxylic acids is 1. The fourth-order valence-corrected chi connectivity index (χ4v) is 2.34. The number of carboxylic acids is 1. The van der Waals surface area contributed by atoms with Crippen LogP contribution in [-0.4, -0.2) is 30.9 Å². The summed E-state index contributed by atoms with van der Waals surface area (Å²) in [5, 5.41) is 9.38. The Hall–Kier alpha value is -1.07. The molecule has 0 saturated carbocycles. The van der Waals surface area contributed by atoms with Gasteiger partial charge in [-0.15, -0.1) is 0 Å². The van der Waals surface area contributed by atoms with E-state index in [1.807, 2.05) is 24.3 Å². The van der Waals surface area contributed by atoms with E-state index in [9.17, 15) is 9.90 Å². The Morgan fingerprint density at radius 1 is 1.44 bits per heavy atom. The minimum absolute atomic E-state index is 0.183. The van der Waals surface area contributed by atoms with Crippen molar-refractivity contribution >= 4 is 21.9 Å². The van der Waals surface area contributed by atoms with Crippen LogP contribution < -0.4 is 4.74 Å². The zero-order valence-electron chi connectivity index (χ0n) is 9.89. The van der Waals surface area contributed by atoms with Gasteiger partial charge >= 0.3 is 5.97 Å². The van der Waals surface area contributed by atoms with Gasteiger partial charge in [0.05, 0.1) is 0 Å². The van der Waals surface area contributed by atoms with Crippen molar-refractivity contribution in [2.24, 2.45) is 5.41 Å². The van der Waals surface area contributed by atoms with Crippen LogP contribution in [0.3, 0.4) is 0 Å². The van der Waals surface area contributed by atoms with Gasteiger partial charge < -0.3 is 14.6 Å². The van der Waals surface area contributed by atoms with E-state index < -0.39 is 11.4 Å². The molecule has 0 spiro atoms. The van der Waals surface area contributed by atoms with Gasteiger partial charge in [-0.3, -0.25) is 4.79 Å². The molecule has 0 radical (unpaired) electrons. The molecule has 5 heteroatoms. The Labute approximate surface area is 114 Å². The van der Waals surface area contributed by atoms with Crippen LogP contribution in [0.1, 0.15) is 12.8 Å². The topological polar surface area (TPSA) is 55.8 Å². The van der Waals surface area contributed by atoms with Gasteiger partial charge in [-0.05, 0) is 31.0 Å². The lowest BCUT2D eigenvalue weighted by Gasteiger charge is -2.32. The highest BCUT2D eigenvalue weighted by Gasteiger charge is 2.41. The second kappa shape index (κ2) is 5.71. The van der Waals surface area contributed by atoms with Crippen LogP contribution in [0.5, 0.6) is 5.75 Å². The first kappa shape index (κ1) is 13.4. The van der Waals surface area contributed by atoms with Crippen molar-refractivity contribution in [1.82, 2.24) is 0 Å². The average molecular weight is 315 g/mol. The molecular formula is C13H15BrO4.